The van der Waals surface area contributed by atoms with Gasteiger partial charge in [-0.25, -0.2) is 0 Å². The number of benzene rings is 1. The fraction of sp³-hybridized carbons (Fsp3) is 0. The van der Waals surface area contributed by atoms with E-state index < -0.39 is 30.6 Å². The molecule has 2 N–H and O–H groups in total. The van der Waals surface area contributed by atoms with Crippen LogP contribution < -0.4 is 4.35 Å². The van der Waals surface area contributed by atoms with Gasteiger partial charge in [0.15, 0.2) is 0 Å². The Bertz CT molecular complexity index is 364. The molecule has 0 radical (unpaired) electrons. The predicted molar refractivity (Wildman–Crippen MR) is 37.0 cm³/mol. The van der Waals surface area contributed by atoms with Crippen LogP contribution in [-0.4, -0.2) is 22.4 Å². The number of rotatable bonds is 1. The van der Waals surface area contributed by atoms with E-state index in [0.29, 0.717) is 0 Å². The van der Waals surface area contributed by atoms with Gasteiger partial charge >= 0.3 is 64.8 Å². The summed E-state index contributed by atoms with van der Waals surface area (Å²) in [6, 6.07) is 1.04. The van der Waals surface area contributed by atoms with E-state index in [4.69, 9.17) is 12.3 Å². The van der Waals surface area contributed by atoms with Gasteiger partial charge in [0, 0.05) is 0 Å². The van der Waals surface area contributed by atoms with Gasteiger partial charge < -0.3 is 0 Å². The van der Waals surface area contributed by atoms with Gasteiger partial charge in [0.2, 0.25) is 0 Å². The van der Waals surface area contributed by atoms with Gasteiger partial charge in [-0.1, -0.05) is 0 Å². The summed E-state index contributed by atoms with van der Waals surface area (Å²) in [4.78, 5) is 0. The van der Waals surface area contributed by atoms with Gasteiger partial charge in [-0.3, -0.25) is 0 Å². The summed E-state index contributed by atoms with van der Waals surface area (Å²) in [7, 11) is 0. The molecule has 10 heavy (non-hydrogen) atoms. The molecule has 0 aliphatic carbocycles. The van der Waals surface area contributed by atoms with Crippen molar-refractivity contribution < 1.29 is 16.0 Å². The summed E-state index contributed by atoms with van der Waals surface area (Å²) >= 11 is -5.19. The monoisotopic (exact) mass is 205 g/mol. The summed E-state index contributed by atoms with van der Waals surface area (Å²) < 4.78 is 49.4. The first-order chi connectivity index (χ1) is 5.82. The Morgan fingerprint density at radius 2 is 1.90 bits per heavy atom. The normalized spacial score (nSPS) is 15.6. The topological polar surface area (TPSA) is 57.5 Å². The number of hydrogen-bond acceptors (Lipinski definition) is 1. The van der Waals surface area contributed by atoms with Gasteiger partial charge in [-0.15, -0.1) is 0 Å². The molecule has 1 aromatic carbocycles. The fourth-order valence-corrected chi connectivity index (χ4v) is 1.45. The van der Waals surface area contributed by atoms with Crippen molar-refractivity contribution in [3.05, 3.63) is 30.3 Å². The van der Waals surface area contributed by atoms with Crippen LogP contribution in [0.5, 0.6) is 0 Å². The quantitative estimate of drug-likeness (QED) is 0.593. The molecule has 1 rings (SSSR count). The van der Waals surface area contributed by atoms with E-state index >= 15 is 0 Å². The molecule has 0 atom stereocenters. The minimum absolute atomic E-state index is 0.0947. The summed E-state index contributed by atoms with van der Waals surface area (Å²) in [6.45, 7) is 0. The van der Waals surface area contributed by atoms with Gasteiger partial charge in [-0.05, 0) is 0 Å². The molecule has 0 fully saturated rings. The van der Waals surface area contributed by atoms with Crippen LogP contribution in [0.2, 0.25) is 0 Å². The van der Waals surface area contributed by atoms with Crippen LogP contribution >= 0.6 is 0 Å². The van der Waals surface area contributed by atoms with Crippen molar-refractivity contribution in [1.82, 2.24) is 0 Å². The maximum atomic E-state index is 10.8. The Morgan fingerprint density at radius 1 is 1.40 bits per heavy atom. The summed E-state index contributed by atoms with van der Waals surface area (Å²) in [5.41, 5.74) is 0. The first-order valence-electron chi connectivity index (χ1n) is 3.96. The van der Waals surface area contributed by atoms with E-state index in [9.17, 15) is 3.74 Å². The van der Waals surface area contributed by atoms with Crippen molar-refractivity contribution in [3.8, 4) is 0 Å². The van der Waals surface area contributed by atoms with Crippen LogP contribution in [0.3, 0.4) is 0 Å². The van der Waals surface area contributed by atoms with Gasteiger partial charge in [0.05, 0.1) is 0 Å². The zero-order valence-electron chi connectivity index (χ0n) is 7.90. The van der Waals surface area contributed by atoms with Crippen LogP contribution in [0.15, 0.2) is 30.3 Å². The SMILES string of the molecule is [2H]c1cc([2H])c([As](=O)(O)O)c([2H])c1. The van der Waals surface area contributed by atoms with Gasteiger partial charge in [0.1, 0.15) is 0 Å². The average molecular weight is 205 g/mol. The van der Waals surface area contributed by atoms with E-state index in [2.05, 4.69) is 0 Å². The van der Waals surface area contributed by atoms with Crippen LogP contribution in [-0.2, 0) is 3.74 Å². The zero-order chi connectivity index (χ0) is 10.2. The third-order valence-electron chi connectivity index (χ3n) is 0.876. The molecule has 3 nitrogen and oxygen atoms in total. The van der Waals surface area contributed by atoms with Crippen molar-refractivity contribution in [1.29, 1.82) is 0 Å². The van der Waals surface area contributed by atoms with E-state index in [0.717, 1.165) is 12.1 Å². The van der Waals surface area contributed by atoms with Gasteiger partial charge in [0.25, 0.3) is 0 Å². The molecule has 0 aromatic heterocycles. The molecule has 54 valence electrons. The van der Waals surface area contributed by atoms with E-state index in [1.165, 1.54) is 0 Å². The molecule has 4 heteroatoms. The number of hydrogen-bond donors (Lipinski definition) is 2. The fourth-order valence-electron chi connectivity index (χ4n) is 0.472. The second-order valence-electron chi connectivity index (χ2n) is 1.64. The molecule has 0 spiro atoms. The third-order valence-corrected chi connectivity index (χ3v) is 2.64. The Kier molecular flexibility index (Phi) is 1.15. The maximum absolute atomic E-state index is 10.8. The van der Waals surface area contributed by atoms with Crippen molar-refractivity contribution in [3.63, 3.8) is 0 Å². The van der Waals surface area contributed by atoms with Crippen molar-refractivity contribution in [2.24, 2.45) is 0 Å². The first kappa shape index (κ1) is 4.39. The van der Waals surface area contributed by atoms with E-state index in [1.54, 1.807) is 0 Å². The van der Waals surface area contributed by atoms with Crippen LogP contribution in [0.4, 0.5) is 0 Å². The average Bonchev–Trinajstić information content (AvgIpc) is 1.78. The first-order valence-corrected chi connectivity index (χ1v) is 5.84. The molecule has 0 aliphatic rings. The molecule has 0 saturated heterocycles. The molecule has 0 saturated carbocycles. The minimum atomic E-state index is -5.19. The molecule has 0 amide bonds. The standard InChI is InChI=1S/C6H7AsO3/c8-7(9,10)6-4-2-1-3-5-6/h1-5H,(H2,8,9,10)/i1D,4D,5D. The summed E-state index contributed by atoms with van der Waals surface area (Å²) in [6.07, 6.45) is 0. The molecular weight excluding hydrogens is 195 g/mol. The van der Waals surface area contributed by atoms with Gasteiger partial charge in [-0.2, -0.15) is 0 Å². The van der Waals surface area contributed by atoms with E-state index in [-0.39, 0.29) is 6.04 Å². The van der Waals surface area contributed by atoms with Crippen LogP contribution in [0.1, 0.15) is 4.11 Å². The third kappa shape index (κ3) is 1.74. The second kappa shape index (κ2) is 2.62. The molecule has 0 heterocycles. The Labute approximate surface area is 65.5 Å². The van der Waals surface area contributed by atoms with Crippen molar-refractivity contribution in [2.75, 3.05) is 0 Å². The second-order valence-corrected chi connectivity index (χ2v) is 4.86. The Balaban J connectivity index is 3.47. The summed E-state index contributed by atoms with van der Waals surface area (Å²) in [5, 5.41) is 0. The van der Waals surface area contributed by atoms with Crippen molar-refractivity contribution >= 4 is 18.5 Å². The Hall–Kier alpha value is -0.502. The van der Waals surface area contributed by atoms with Crippen molar-refractivity contribution in [2.45, 2.75) is 0 Å². The molecule has 0 bridgehead atoms. The zero-order valence-corrected chi connectivity index (χ0v) is 6.78. The van der Waals surface area contributed by atoms with E-state index in [1.807, 2.05) is 0 Å². The Morgan fingerprint density at radius 3 is 2.30 bits per heavy atom. The molecule has 0 aliphatic heterocycles. The molecular formula is C6H7AsO3. The van der Waals surface area contributed by atoms with Crippen LogP contribution in [0.25, 0.3) is 0 Å². The molecule has 1 aromatic rings. The van der Waals surface area contributed by atoms with Crippen LogP contribution in [0, 0.1) is 0 Å². The molecule has 0 unspecified atom stereocenters. The summed E-state index contributed by atoms with van der Waals surface area (Å²) in [5.74, 6) is 0. The predicted octanol–water partition coefficient (Wildman–Crippen LogP) is -0.752.